The van der Waals surface area contributed by atoms with Gasteiger partial charge in [0.1, 0.15) is 0 Å². The van der Waals surface area contributed by atoms with Crippen LogP contribution < -0.4 is 0 Å². The molecule has 1 nitrogen and oxygen atoms in total. The summed E-state index contributed by atoms with van der Waals surface area (Å²) in [4.78, 5) is 9.68. The van der Waals surface area contributed by atoms with E-state index in [0.717, 1.165) is 12.2 Å². The fraction of sp³-hybridized carbons (Fsp3) is 0.0492. The van der Waals surface area contributed by atoms with E-state index >= 15 is 0 Å². The molecule has 0 saturated heterocycles. The van der Waals surface area contributed by atoms with Gasteiger partial charge >= 0.3 is 0 Å². The topological polar surface area (TPSA) is 4.93 Å². The van der Waals surface area contributed by atoms with Gasteiger partial charge in [-0.15, -0.1) is 10.0 Å². The summed E-state index contributed by atoms with van der Waals surface area (Å²) in [6, 6.07) is 87.1. The molecule has 0 fully saturated rings. The van der Waals surface area contributed by atoms with E-state index in [2.05, 4.69) is 259 Å². The lowest BCUT2D eigenvalue weighted by Crippen LogP contribution is -2.14. The highest BCUT2D eigenvalue weighted by molar-refractivity contribution is 8.34. The Hall–Kier alpha value is -7.04. The number of benzene rings is 9. The van der Waals surface area contributed by atoms with E-state index in [0.29, 0.717) is 5.92 Å². The highest BCUT2D eigenvalue weighted by Gasteiger charge is 2.42. The van der Waals surface area contributed by atoms with Crippen LogP contribution in [0, 0.1) is 5.92 Å². The van der Waals surface area contributed by atoms with Crippen LogP contribution in [0.15, 0.2) is 289 Å². The van der Waals surface area contributed by atoms with E-state index in [1.165, 1.54) is 84.0 Å². The van der Waals surface area contributed by atoms with Crippen LogP contribution in [0.1, 0.15) is 6.42 Å². The fourth-order valence-corrected chi connectivity index (χ4v) is 19.0. The number of rotatable bonds is 9. The van der Waals surface area contributed by atoms with Gasteiger partial charge in [0.25, 0.3) is 0 Å². The number of fused-ring (bicyclic) bond motifs is 6. The predicted octanol–water partition coefficient (Wildman–Crippen LogP) is 17.2. The normalized spacial score (nSPS) is 17.8. The lowest BCUT2D eigenvalue weighted by atomic mass is 10.0. The van der Waals surface area contributed by atoms with E-state index in [4.69, 9.17) is 0 Å². The number of hydrogen-bond donors (Lipinski definition) is 0. The van der Waals surface area contributed by atoms with Crippen molar-refractivity contribution in [3.63, 3.8) is 0 Å². The summed E-state index contributed by atoms with van der Waals surface area (Å²) in [5, 5.41) is 2.52. The standard InChI is InChI=1S/C61H47NS2/c1-6-21-45(22-7-1)44-63(49-26-10-3-11-27-49)60-36-19-17-34-55(60)56-39-37-47(42-61(56)63)46-23-20-32-52(41-46)64(50-28-12-4-13-29-50,51-30-14-5-15-31-51)53-38-40-59-57(43-53)54-33-16-18-35-58(54)62(59)48-24-8-2-9-25-48/h1-21,23-43,45H,22,44H2. The van der Waals surface area contributed by atoms with Gasteiger partial charge in [-0.1, -0.05) is 158 Å². The molecule has 10 aromatic rings. The van der Waals surface area contributed by atoms with Crippen LogP contribution >= 0.6 is 20.1 Å². The maximum atomic E-state index is 2.58. The van der Waals surface area contributed by atoms with Crippen LogP contribution in [0.4, 0.5) is 0 Å². The van der Waals surface area contributed by atoms with E-state index in [-0.39, 0.29) is 0 Å². The monoisotopic (exact) mass is 857 g/mol. The summed E-state index contributed by atoms with van der Waals surface area (Å²) in [7, 11) is -3.61. The second kappa shape index (κ2) is 15.9. The molecule has 3 heteroatoms. The van der Waals surface area contributed by atoms with Crippen LogP contribution in [0.3, 0.4) is 0 Å². The molecule has 0 N–H and O–H groups in total. The molecular weight excluding hydrogens is 811 g/mol. The molecule has 2 unspecified atom stereocenters. The van der Waals surface area contributed by atoms with Crippen molar-refractivity contribution >= 4 is 41.9 Å². The minimum atomic E-state index is -2.02. The minimum absolute atomic E-state index is 0.464. The molecule has 0 saturated carbocycles. The Balaban J connectivity index is 1.09. The van der Waals surface area contributed by atoms with Crippen LogP contribution in [-0.2, 0) is 0 Å². The molecule has 0 spiro atoms. The molecule has 64 heavy (non-hydrogen) atoms. The van der Waals surface area contributed by atoms with Gasteiger partial charge in [-0.25, -0.2) is 0 Å². The lowest BCUT2D eigenvalue weighted by Gasteiger charge is -2.42. The minimum Gasteiger partial charge on any atom is -0.309 e. The second-order valence-electron chi connectivity index (χ2n) is 16.9. The molecule has 0 radical (unpaired) electrons. The fourth-order valence-electron chi connectivity index (χ4n) is 10.5. The predicted molar refractivity (Wildman–Crippen MR) is 272 cm³/mol. The molecule has 0 amide bonds. The van der Waals surface area contributed by atoms with Gasteiger partial charge in [-0.3, -0.25) is 0 Å². The number of nitrogens with zero attached hydrogens (tertiary/aromatic N) is 1. The van der Waals surface area contributed by atoms with E-state index < -0.39 is 20.1 Å². The van der Waals surface area contributed by atoms with Crippen molar-refractivity contribution in [2.24, 2.45) is 5.92 Å². The molecule has 308 valence electrons. The zero-order chi connectivity index (χ0) is 42.5. The Labute approximate surface area is 379 Å². The highest BCUT2D eigenvalue weighted by Crippen LogP contribution is 2.77. The summed E-state index contributed by atoms with van der Waals surface area (Å²) in [6.07, 6.45) is 10.3. The van der Waals surface area contributed by atoms with Crippen LogP contribution in [0.25, 0.3) is 49.7 Å². The maximum absolute atomic E-state index is 2.58. The third kappa shape index (κ3) is 6.10. The van der Waals surface area contributed by atoms with Gasteiger partial charge < -0.3 is 4.57 Å². The molecule has 2 atom stereocenters. The van der Waals surface area contributed by atoms with Crippen LogP contribution in [-0.4, -0.2) is 10.3 Å². The van der Waals surface area contributed by atoms with Gasteiger partial charge in [0.15, 0.2) is 0 Å². The molecule has 2 aliphatic rings. The zero-order valence-corrected chi connectivity index (χ0v) is 37.1. The van der Waals surface area contributed by atoms with Crippen molar-refractivity contribution in [2.75, 3.05) is 5.75 Å². The molecule has 9 aromatic carbocycles. The summed E-state index contributed by atoms with van der Waals surface area (Å²) in [5.74, 6) is 1.55. The average molecular weight is 858 g/mol. The van der Waals surface area contributed by atoms with Gasteiger partial charge in [-0.05, 0) is 142 Å². The zero-order valence-electron chi connectivity index (χ0n) is 35.5. The number of allylic oxidation sites excluding steroid dienone is 4. The molecule has 12 rings (SSSR count). The van der Waals surface area contributed by atoms with E-state index in [1.807, 2.05) is 0 Å². The third-order valence-corrected chi connectivity index (χ3v) is 21.4. The molecule has 1 aliphatic heterocycles. The smallest absolute Gasteiger partial charge is 0.0541 e. The van der Waals surface area contributed by atoms with Crippen molar-refractivity contribution in [1.29, 1.82) is 0 Å². The SMILES string of the molecule is C1=CCC(CS2(c3ccccc3)c3ccccc3-c3ccc(-c4cccc(S(c5ccccc5)(c5ccccc5)c5ccc6c(c5)c5ccccc5n6-c5ccccc5)c4)cc32)C=C1. The molecule has 1 aromatic heterocycles. The Morgan fingerprint density at radius 1 is 0.438 bits per heavy atom. The highest BCUT2D eigenvalue weighted by atomic mass is 32.3. The van der Waals surface area contributed by atoms with E-state index in [1.54, 1.807) is 0 Å². The summed E-state index contributed by atoms with van der Waals surface area (Å²) in [5.41, 5.74) is 8.85. The van der Waals surface area contributed by atoms with Crippen molar-refractivity contribution in [3.8, 4) is 27.9 Å². The van der Waals surface area contributed by atoms with Crippen molar-refractivity contribution < 1.29 is 0 Å². The van der Waals surface area contributed by atoms with E-state index in [9.17, 15) is 0 Å². The largest absolute Gasteiger partial charge is 0.309 e. The Morgan fingerprint density at radius 2 is 1.05 bits per heavy atom. The summed E-state index contributed by atoms with van der Waals surface area (Å²) < 4.78 is 2.42. The number of para-hydroxylation sites is 2. The van der Waals surface area contributed by atoms with Gasteiger partial charge in [0.05, 0.1) is 11.0 Å². The summed E-state index contributed by atoms with van der Waals surface area (Å²) in [6.45, 7) is 0. The van der Waals surface area contributed by atoms with Crippen LogP contribution in [0.2, 0.25) is 0 Å². The van der Waals surface area contributed by atoms with Gasteiger partial charge in [0.2, 0.25) is 0 Å². The quantitative estimate of drug-likeness (QED) is 0.136. The first-order valence-corrected chi connectivity index (χ1v) is 25.7. The van der Waals surface area contributed by atoms with Crippen molar-refractivity contribution in [3.05, 3.63) is 255 Å². The molecule has 1 aliphatic carbocycles. The molecule has 0 bridgehead atoms. The van der Waals surface area contributed by atoms with Crippen molar-refractivity contribution in [2.45, 2.75) is 40.7 Å². The Morgan fingerprint density at radius 3 is 1.80 bits per heavy atom. The first-order chi connectivity index (χ1) is 31.7. The third-order valence-electron chi connectivity index (χ3n) is 13.3. The number of aromatic nitrogens is 1. The van der Waals surface area contributed by atoms with Gasteiger partial charge in [-0.2, -0.15) is 10.0 Å². The van der Waals surface area contributed by atoms with Crippen molar-refractivity contribution in [1.82, 2.24) is 4.57 Å². The molecular formula is C61H47NS2. The molecule has 2 heterocycles. The number of hydrogen-bond acceptors (Lipinski definition) is 0. The second-order valence-corrected chi connectivity index (χ2v) is 23.1. The Kier molecular flexibility index (Phi) is 9.62. The maximum Gasteiger partial charge on any atom is 0.0541 e. The summed E-state index contributed by atoms with van der Waals surface area (Å²) >= 11 is 0. The first kappa shape index (κ1) is 38.6. The first-order valence-electron chi connectivity index (χ1n) is 22.3. The lowest BCUT2D eigenvalue weighted by molar-refractivity contribution is 0.742. The van der Waals surface area contributed by atoms with Crippen LogP contribution in [0.5, 0.6) is 0 Å². The van der Waals surface area contributed by atoms with Gasteiger partial charge in [0, 0.05) is 45.8 Å². The Bertz CT molecular complexity index is 3350. The average Bonchev–Trinajstić information content (AvgIpc) is 3.85.